The summed E-state index contributed by atoms with van der Waals surface area (Å²) in [6.45, 7) is 4.63. The normalized spacial score (nSPS) is 10.3. The third kappa shape index (κ3) is 4.82. The van der Waals surface area contributed by atoms with E-state index >= 15 is 0 Å². The van der Waals surface area contributed by atoms with E-state index in [1.54, 1.807) is 12.1 Å². The first kappa shape index (κ1) is 17.0. The lowest BCUT2D eigenvalue weighted by Gasteiger charge is -2.06. The Labute approximate surface area is 139 Å². The van der Waals surface area contributed by atoms with E-state index in [-0.39, 0.29) is 5.91 Å². The molecule has 1 heterocycles. The molecule has 0 bridgehead atoms. The highest BCUT2D eigenvalue weighted by molar-refractivity contribution is 7.14. The van der Waals surface area contributed by atoms with Crippen LogP contribution in [0.15, 0.2) is 30.3 Å². The monoisotopic (exact) mass is 331 g/mol. The molecule has 0 atom stereocenters. The molecule has 1 aromatic heterocycles. The maximum Gasteiger partial charge on any atom is 0.316 e. The molecule has 0 saturated carbocycles. The van der Waals surface area contributed by atoms with Crippen LogP contribution in [0.25, 0.3) is 0 Å². The van der Waals surface area contributed by atoms with Gasteiger partial charge in [-0.1, -0.05) is 25.5 Å². The largest absolute Gasteiger partial charge is 0.351 e. The SMILES string of the molecule is CCCc1cc(C(=O)NCc2ccc(NC(N)=O)cc2)sc1C. The van der Waals surface area contributed by atoms with E-state index < -0.39 is 6.03 Å². The highest BCUT2D eigenvalue weighted by Crippen LogP contribution is 2.22. The minimum Gasteiger partial charge on any atom is -0.351 e. The average molecular weight is 331 g/mol. The third-order valence-corrected chi connectivity index (χ3v) is 4.53. The van der Waals surface area contributed by atoms with Gasteiger partial charge >= 0.3 is 6.03 Å². The molecule has 4 N–H and O–H groups in total. The van der Waals surface area contributed by atoms with Gasteiger partial charge in [0, 0.05) is 17.1 Å². The van der Waals surface area contributed by atoms with Crippen molar-refractivity contribution in [2.45, 2.75) is 33.2 Å². The Morgan fingerprint density at radius 1 is 1.22 bits per heavy atom. The summed E-state index contributed by atoms with van der Waals surface area (Å²) in [5.74, 6) is -0.0557. The van der Waals surface area contributed by atoms with Crippen molar-refractivity contribution in [1.82, 2.24) is 5.32 Å². The molecule has 0 spiro atoms. The zero-order valence-corrected chi connectivity index (χ0v) is 14.1. The van der Waals surface area contributed by atoms with Crippen LogP contribution in [0.2, 0.25) is 0 Å². The average Bonchev–Trinajstić information content (AvgIpc) is 2.87. The predicted molar refractivity (Wildman–Crippen MR) is 93.9 cm³/mol. The van der Waals surface area contributed by atoms with Crippen molar-refractivity contribution in [3.63, 3.8) is 0 Å². The van der Waals surface area contributed by atoms with Gasteiger partial charge in [-0.3, -0.25) is 4.79 Å². The van der Waals surface area contributed by atoms with Gasteiger partial charge in [0.2, 0.25) is 0 Å². The van der Waals surface area contributed by atoms with Gasteiger partial charge in [0.25, 0.3) is 5.91 Å². The van der Waals surface area contributed by atoms with Crippen molar-refractivity contribution in [2.24, 2.45) is 5.73 Å². The fraction of sp³-hybridized carbons (Fsp3) is 0.294. The van der Waals surface area contributed by atoms with Crippen LogP contribution in [-0.4, -0.2) is 11.9 Å². The molecule has 2 rings (SSSR count). The van der Waals surface area contributed by atoms with Gasteiger partial charge in [-0.25, -0.2) is 4.79 Å². The van der Waals surface area contributed by atoms with E-state index in [0.29, 0.717) is 12.2 Å². The summed E-state index contributed by atoms with van der Waals surface area (Å²) < 4.78 is 0. The number of nitrogens with one attached hydrogen (secondary N) is 2. The Balaban J connectivity index is 1.93. The van der Waals surface area contributed by atoms with E-state index in [1.807, 2.05) is 18.2 Å². The zero-order chi connectivity index (χ0) is 16.8. The summed E-state index contributed by atoms with van der Waals surface area (Å²) >= 11 is 1.53. The Hall–Kier alpha value is -2.34. The molecule has 0 aliphatic rings. The van der Waals surface area contributed by atoms with Crippen LogP contribution in [-0.2, 0) is 13.0 Å². The molecule has 0 fully saturated rings. The van der Waals surface area contributed by atoms with Gasteiger partial charge in [-0.15, -0.1) is 11.3 Å². The third-order valence-electron chi connectivity index (χ3n) is 3.44. The Morgan fingerprint density at radius 3 is 2.52 bits per heavy atom. The molecule has 1 aromatic carbocycles. The van der Waals surface area contributed by atoms with Crippen molar-refractivity contribution in [1.29, 1.82) is 0 Å². The van der Waals surface area contributed by atoms with Crippen LogP contribution in [0.3, 0.4) is 0 Å². The Morgan fingerprint density at radius 2 is 1.91 bits per heavy atom. The number of anilines is 1. The highest BCUT2D eigenvalue weighted by Gasteiger charge is 2.11. The van der Waals surface area contributed by atoms with E-state index in [4.69, 9.17) is 5.73 Å². The number of urea groups is 1. The summed E-state index contributed by atoms with van der Waals surface area (Å²) in [6, 6.07) is 8.57. The van der Waals surface area contributed by atoms with Gasteiger partial charge in [0.15, 0.2) is 0 Å². The number of aryl methyl sites for hydroxylation is 2. The predicted octanol–water partition coefficient (Wildman–Crippen LogP) is 3.43. The van der Waals surface area contributed by atoms with Crippen molar-refractivity contribution in [2.75, 3.05) is 5.32 Å². The van der Waals surface area contributed by atoms with Crippen LogP contribution >= 0.6 is 11.3 Å². The van der Waals surface area contributed by atoms with Crippen molar-refractivity contribution in [3.05, 3.63) is 51.2 Å². The molecule has 2 aromatic rings. The van der Waals surface area contributed by atoms with Gasteiger partial charge in [0.1, 0.15) is 0 Å². The minimum absolute atomic E-state index is 0.0557. The molecule has 122 valence electrons. The molecule has 23 heavy (non-hydrogen) atoms. The second kappa shape index (κ2) is 7.78. The lowest BCUT2D eigenvalue weighted by atomic mass is 10.1. The van der Waals surface area contributed by atoms with Gasteiger partial charge < -0.3 is 16.4 Å². The number of amides is 3. The summed E-state index contributed by atoms with van der Waals surface area (Å²) in [5.41, 5.74) is 7.89. The summed E-state index contributed by atoms with van der Waals surface area (Å²) in [4.78, 5) is 24.9. The number of hydrogen-bond acceptors (Lipinski definition) is 3. The Kier molecular flexibility index (Phi) is 5.76. The number of nitrogens with two attached hydrogens (primary N) is 1. The number of carbonyl (C=O) groups excluding carboxylic acids is 2. The molecule has 0 unspecified atom stereocenters. The van der Waals surface area contributed by atoms with E-state index in [2.05, 4.69) is 24.5 Å². The van der Waals surface area contributed by atoms with Crippen LogP contribution in [0, 0.1) is 6.92 Å². The summed E-state index contributed by atoms with van der Waals surface area (Å²) in [7, 11) is 0. The standard InChI is InChI=1S/C17H21N3O2S/c1-3-4-13-9-15(23-11(13)2)16(21)19-10-12-5-7-14(8-6-12)20-17(18)22/h5-9H,3-4,10H2,1-2H3,(H,19,21)(H3,18,20,22). The highest BCUT2D eigenvalue weighted by atomic mass is 32.1. The topological polar surface area (TPSA) is 84.2 Å². The molecular weight excluding hydrogens is 310 g/mol. The van der Waals surface area contributed by atoms with E-state index in [9.17, 15) is 9.59 Å². The fourth-order valence-corrected chi connectivity index (χ4v) is 3.25. The number of rotatable bonds is 6. The number of thiophene rings is 1. The summed E-state index contributed by atoms with van der Waals surface area (Å²) in [6.07, 6.45) is 2.08. The van der Waals surface area contributed by atoms with Crippen LogP contribution in [0.1, 0.15) is 39.0 Å². The van der Waals surface area contributed by atoms with Crippen molar-refractivity contribution >= 4 is 29.0 Å². The number of benzene rings is 1. The maximum absolute atomic E-state index is 12.2. The maximum atomic E-state index is 12.2. The van der Waals surface area contributed by atoms with Crippen LogP contribution in [0.4, 0.5) is 10.5 Å². The number of hydrogen-bond donors (Lipinski definition) is 3. The molecule has 0 radical (unpaired) electrons. The van der Waals surface area contributed by atoms with Crippen LogP contribution < -0.4 is 16.4 Å². The second-order valence-electron chi connectivity index (χ2n) is 5.31. The molecule has 3 amide bonds. The molecule has 0 saturated heterocycles. The van der Waals surface area contributed by atoms with Crippen molar-refractivity contribution < 1.29 is 9.59 Å². The van der Waals surface area contributed by atoms with E-state index in [0.717, 1.165) is 23.3 Å². The molecule has 5 nitrogen and oxygen atoms in total. The first-order valence-corrected chi connectivity index (χ1v) is 8.34. The molecule has 0 aliphatic carbocycles. The minimum atomic E-state index is -0.595. The number of primary amides is 1. The summed E-state index contributed by atoms with van der Waals surface area (Å²) in [5, 5.41) is 5.41. The lowest BCUT2D eigenvalue weighted by molar-refractivity contribution is 0.0955. The first-order valence-electron chi connectivity index (χ1n) is 7.52. The zero-order valence-electron chi connectivity index (χ0n) is 13.3. The number of carbonyl (C=O) groups is 2. The van der Waals surface area contributed by atoms with Gasteiger partial charge in [-0.05, 0) is 42.7 Å². The molecule has 6 heteroatoms. The smallest absolute Gasteiger partial charge is 0.316 e. The quantitative estimate of drug-likeness (QED) is 0.757. The van der Waals surface area contributed by atoms with Gasteiger partial charge in [0.05, 0.1) is 4.88 Å². The molecule has 0 aliphatic heterocycles. The lowest BCUT2D eigenvalue weighted by Crippen LogP contribution is -2.22. The van der Waals surface area contributed by atoms with Crippen molar-refractivity contribution in [3.8, 4) is 0 Å². The molecular formula is C17H21N3O2S. The first-order chi connectivity index (χ1) is 11.0. The fourth-order valence-electron chi connectivity index (χ4n) is 2.27. The van der Waals surface area contributed by atoms with Gasteiger partial charge in [-0.2, -0.15) is 0 Å². The second-order valence-corrected chi connectivity index (χ2v) is 6.57. The Bertz CT molecular complexity index is 692. The van der Waals surface area contributed by atoms with E-state index in [1.165, 1.54) is 21.8 Å². The van der Waals surface area contributed by atoms with Crippen LogP contribution in [0.5, 0.6) is 0 Å².